The summed E-state index contributed by atoms with van der Waals surface area (Å²) in [4.78, 5) is 23.5. The highest BCUT2D eigenvalue weighted by Gasteiger charge is 2.08. The maximum atomic E-state index is 12.0. The van der Waals surface area contributed by atoms with Gasteiger partial charge >= 0.3 is 5.63 Å². The SMILES string of the molecule is COc1ccccc1/C(C)=N\NC(=O)COc1ccc2c(C)cc(=O)oc2c1. The van der Waals surface area contributed by atoms with Crippen molar-refractivity contribution in [3.8, 4) is 11.5 Å². The standard InChI is InChI=1S/C21H20N2O5/c1-13-10-21(25)28-19-11-15(8-9-16(13)19)27-12-20(24)23-22-14(2)17-6-4-5-7-18(17)26-3/h4-11H,12H2,1-3H3,(H,23,24)/b22-14-. The van der Waals surface area contributed by atoms with Gasteiger partial charge in [0.2, 0.25) is 0 Å². The van der Waals surface area contributed by atoms with E-state index in [0.29, 0.717) is 22.8 Å². The number of fused-ring (bicyclic) bond motifs is 1. The number of ether oxygens (including phenoxy) is 2. The van der Waals surface area contributed by atoms with Crippen molar-refractivity contribution in [2.45, 2.75) is 13.8 Å². The Balaban J connectivity index is 1.64. The molecule has 0 aliphatic rings. The summed E-state index contributed by atoms with van der Waals surface area (Å²) in [5.74, 6) is 0.670. The van der Waals surface area contributed by atoms with E-state index in [2.05, 4.69) is 10.5 Å². The van der Waals surface area contributed by atoms with Gasteiger partial charge < -0.3 is 13.9 Å². The highest BCUT2D eigenvalue weighted by atomic mass is 16.5. The second kappa shape index (κ2) is 8.39. The number of para-hydroxylation sites is 1. The van der Waals surface area contributed by atoms with Gasteiger partial charge in [-0.25, -0.2) is 10.2 Å². The first-order chi connectivity index (χ1) is 13.5. The molecule has 1 heterocycles. The van der Waals surface area contributed by atoms with Gasteiger partial charge in [0.15, 0.2) is 6.61 Å². The molecule has 144 valence electrons. The lowest BCUT2D eigenvalue weighted by Crippen LogP contribution is -2.25. The third kappa shape index (κ3) is 4.37. The van der Waals surface area contributed by atoms with Crippen molar-refractivity contribution in [3.05, 3.63) is 70.1 Å². The smallest absolute Gasteiger partial charge is 0.336 e. The molecule has 0 saturated carbocycles. The summed E-state index contributed by atoms with van der Waals surface area (Å²) >= 11 is 0. The molecular formula is C21H20N2O5. The second-order valence-electron chi connectivity index (χ2n) is 6.13. The Bertz CT molecular complexity index is 1100. The van der Waals surface area contributed by atoms with Crippen molar-refractivity contribution >= 4 is 22.6 Å². The number of hydrogen-bond donors (Lipinski definition) is 1. The van der Waals surface area contributed by atoms with Crippen molar-refractivity contribution in [1.29, 1.82) is 0 Å². The van der Waals surface area contributed by atoms with E-state index in [1.54, 1.807) is 32.2 Å². The number of aryl methyl sites for hydroxylation is 1. The highest BCUT2D eigenvalue weighted by Crippen LogP contribution is 2.22. The summed E-state index contributed by atoms with van der Waals surface area (Å²) in [5, 5.41) is 4.90. The zero-order chi connectivity index (χ0) is 20.1. The second-order valence-corrected chi connectivity index (χ2v) is 6.13. The van der Waals surface area contributed by atoms with E-state index < -0.39 is 11.5 Å². The number of amides is 1. The van der Waals surface area contributed by atoms with Crippen molar-refractivity contribution < 1.29 is 18.7 Å². The molecule has 0 bridgehead atoms. The lowest BCUT2D eigenvalue weighted by molar-refractivity contribution is -0.123. The summed E-state index contributed by atoms with van der Waals surface area (Å²) in [6.45, 7) is 3.37. The summed E-state index contributed by atoms with van der Waals surface area (Å²) in [6.07, 6.45) is 0. The van der Waals surface area contributed by atoms with Gasteiger partial charge in [0, 0.05) is 23.1 Å². The molecule has 0 aliphatic carbocycles. The van der Waals surface area contributed by atoms with Gasteiger partial charge in [-0.2, -0.15) is 5.10 Å². The first-order valence-electron chi connectivity index (χ1n) is 8.62. The average Bonchev–Trinajstić information content (AvgIpc) is 2.69. The molecule has 0 atom stereocenters. The van der Waals surface area contributed by atoms with Crippen LogP contribution in [0.25, 0.3) is 11.0 Å². The predicted octanol–water partition coefficient (Wildman–Crippen LogP) is 3.03. The summed E-state index contributed by atoms with van der Waals surface area (Å²) in [5.41, 5.74) is 4.64. The van der Waals surface area contributed by atoms with E-state index in [4.69, 9.17) is 13.9 Å². The Morgan fingerprint density at radius 2 is 1.96 bits per heavy atom. The van der Waals surface area contributed by atoms with Crippen LogP contribution in [0.3, 0.4) is 0 Å². The van der Waals surface area contributed by atoms with Crippen molar-refractivity contribution in [2.24, 2.45) is 5.10 Å². The lowest BCUT2D eigenvalue weighted by Gasteiger charge is -2.09. The van der Waals surface area contributed by atoms with Gasteiger partial charge in [-0.05, 0) is 43.7 Å². The fourth-order valence-corrected chi connectivity index (χ4v) is 2.73. The molecular weight excluding hydrogens is 360 g/mol. The number of carbonyl (C=O) groups is 1. The van der Waals surface area contributed by atoms with Crippen LogP contribution in [0.1, 0.15) is 18.1 Å². The molecule has 0 unspecified atom stereocenters. The Hall–Kier alpha value is -3.61. The normalized spacial score (nSPS) is 11.3. The Labute approximate surface area is 161 Å². The molecule has 2 aromatic carbocycles. The molecule has 1 N–H and O–H groups in total. The third-order valence-corrected chi connectivity index (χ3v) is 4.14. The third-order valence-electron chi connectivity index (χ3n) is 4.14. The van der Waals surface area contributed by atoms with Crippen LogP contribution in [0.15, 0.2) is 62.8 Å². The first kappa shape index (κ1) is 19.2. The van der Waals surface area contributed by atoms with Crippen LogP contribution < -0.4 is 20.5 Å². The zero-order valence-corrected chi connectivity index (χ0v) is 15.8. The van der Waals surface area contributed by atoms with Crippen LogP contribution in [0, 0.1) is 6.92 Å². The predicted molar refractivity (Wildman–Crippen MR) is 106 cm³/mol. The number of rotatable bonds is 6. The lowest BCUT2D eigenvalue weighted by atomic mass is 10.1. The quantitative estimate of drug-likeness (QED) is 0.403. The Morgan fingerprint density at radius 3 is 2.75 bits per heavy atom. The minimum absolute atomic E-state index is 0.232. The number of nitrogens with one attached hydrogen (secondary N) is 1. The van der Waals surface area contributed by atoms with Crippen LogP contribution in [-0.2, 0) is 4.79 Å². The first-order valence-corrected chi connectivity index (χ1v) is 8.62. The molecule has 0 spiro atoms. The van der Waals surface area contributed by atoms with Crippen LogP contribution in [-0.4, -0.2) is 25.3 Å². The van der Waals surface area contributed by atoms with Gasteiger partial charge in [0.25, 0.3) is 5.91 Å². The van der Waals surface area contributed by atoms with Gasteiger partial charge in [0.05, 0.1) is 12.8 Å². The van der Waals surface area contributed by atoms with Crippen molar-refractivity contribution in [3.63, 3.8) is 0 Å². The van der Waals surface area contributed by atoms with E-state index in [9.17, 15) is 9.59 Å². The molecule has 28 heavy (non-hydrogen) atoms. The van der Waals surface area contributed by atoms with Crippen molar-refractivity contribution in [2.75, 3.05) is 13.7 Å². The molecule has 1 amide bonds. The minimum Gasteiger partial charge on any atom is -0.496 e. The van der Waals surface area contributed by atoms with Gasteiger partial charge in [0.1, 0.15) is 17.1 Å². The Kier molecular flexibility index (Phi) is 5.74. The van der Waals surface area contributed by atoms with Crippen LogP contribution in [0.5, 0.6) is 11.5 Å². The zero-order valence-electron chi connectivity index (χ0n) is 15.8. The number of nitrogens with zero attached hydrogens (tertiary/aromatic N) is 1. The number of methoxy groups -OCH3 is 1. The van der Waals surface area contributed by atoms with Crippen LogP contribution in [0.2, 0.25) is 0 Å². The van der Waals surface area contributed by atoms with E-state index >= 15 is 0 Å². The van der Waals surface area contributed by atoms with Crippen LogP contribution >= 0.6 is 0 Å². The molecule has 7 heteroatoms. The molecule has 0 fully saturated rings. The van der Waals surface area contributed by atoms with Crippen LogP contribution in [0.4, 0.5) is 0 Å². The Morgan fingerprint density at radius 1 is 1.18 bits per heavy atom. The number of hydrogen-bond acceptors (Lipinski definition) is 6. The number of benzene rings is 2. The molecule has 3 rings (SSSR count). The number of carbonyl (C=O) groups excluding carboxylic acids is 1. The van der Waals surface area contributed by atoms with Gasteiger partial charge in [-0.15, -0.1) is 0 Å². The monoisotopic (exact) mass is 380 g/mol. The molecule has 3 aromatic rings. The summed E-state index contributed by atoms with van der Waals surface area (Å²) in [7, 11) is 1.58. The topological polar surface area (TPSA) is 90.1 Å². The molecule has 1 aromatic heterocycles. The summed E-state index contributed by atoms with van der Waals surface area (Å²) in [6, 6.07) is 13.9. The van der Waals surface area contributed by atoms with E-state index in [1.807, 2.05) is 31.2 Å². The average molecular weight is 380 g/mol. The van der Waals surface area contributed by atoms with E-state index in [1.165, 1.54) is 6.07 Å². The fraction of sp³-hybridized carbons (Fsp3) is 0.190. The highest BCUT2D eigenvalue weighted by molar-refractivity contribution is 6.01. The maximum absolute atomic E-state index is 12.0. The fourth-order valence-electron chi connectivity index (χ4n) is 2.73. The minimum atomic E-state index is -0.430. The summed E-state index contributed by atoms with van der Waals surface area (Å²) < 4.78 is 15.9. The molecule has 7 nitrogen and oxygen atoms in total. The number of hydrazone groups is 1. The maximum Gasteiger partial charge on any atom is 0.336 e. The molecule has 0 radical (unpaired) electrons. The van der Waals surface area contributed by atoms with Gasteiger partial charge in [-0.3, -0.25) is 4.79 Å². The molecule has 0 aliphatic heterocycles. The van der Waals surface area contributed by atoms with Gasteiger partial charge in [-0.1, -0.05) is 12.1 Å². The molecule has 0 saturated heterocycles. The van der Waals surface area contributed by atoms with E-state index in [0.717, 1.165) is 16.5 Å². The van der Waals surface area contributed by atoms with E-state index in [-0.39, 0.29) is 6.61 Å². The van der Waals surface area contributed by atoms with Crippen molar-refractivity contribution in [1.82, 2.24) is 5.43 Å². The largest absolute Gasteiger partial charge is 0.496 e.